The SMILES string of the molecule is Cc1ccnc(NCCOc2ccccc2N)c1C(N)=O. The predicted molar refractivity (Wildman–Crippen MR) is 82.3 cm³/mol. The molecule has 0 aliphatic heterocycles. The van der Waals surface area contributed by atoms with Crippen LogP contribution in [-0.2, 0) is 0 Å². The number of hydrogen-bond donors (Lipinski definition) is 3. The van der Waals surface area contributed by atoms with Crippen molar-refractivity contribution in [2.45, 2.75) is 6.92 Å². The van der Waals surface area contributed by atoms with Gasteiger partial charge in [0, 0.05) is 6.20 Å². The van der Waals surface area contributed by atoms with Crippen molar-refractivity contribution in [2.75, 3.05) is 24.2 Å². The lowest BCUT2D eigenvalue weighted by atomic mass is 10.1. The minimum atomic E-state index is -0.503. The van der Waals surface area contributed by atoms with Crippen LogP contribution in [0.1, 0.15) is 15.9 Å². The Morgan fingerprint density at radius 2 is 2.10 bits per heavy atom. The molecule has 0 saturated carbocycles. The summed E-state index contributed by atoms with van der Waals surface area (Å²) in [7, 11) is 0. The van der Waals surface area contributed by atoms with Crippen LogP contribution in [0.3, 0.4) is 0 Å². The highest BCUT2D eigenvalue weighted by Gasteiger charge is 2.12. The number of nitrogens with one attached hydrogen (secondary N) is 1. The maximum absolute atomic E-state index is 11.4. The van der Waals surface area contributed by atoms with Crippen molar-refractivity contribution in [3.05, 3.63) is 47.7 Å². The van der Waals surface area contributed by atoms with Gasteiger partial charge in [0.05, 0.1) is 17.8 Å². The molecule has 5 N–H and O–H groups in total. The number of anilines is 2. The van der Waals surface area contributed by atoms with Crippen molar-refractivity contribution >= 4 is 17.4 Å². The number of nitrogen functional groups attached to an aromatic ring is 1. The number of pyridine rings is 1. The summed E-state index contributed by atoms with van der Waals surface area (Å²) in [4.78, 5) is 15.6. The molecule has 0 fully saturated rings. The molecule has 1 amide bonds. The first-order chi connectivity index (χ1) is 10.1. The molecule has 110 valence electrons. The fraction of sp³-hybridized carbons (Fsp3) is 0.200. The van der Waals surface area contributed by atoms with Gasteiger partial charge in [0.1, 0.15) is 18.2 Å². The summed E-state index contributed by atoms with van der Waals surface area (Å²) in [6, 6.07) is 9.01. The van der Waals surface area contributed by atoms with Crippen LogP contribution < -0.4 is 21.5 Å². The fourth-order valence-corrected chi connectivity index (χ4v) is 1.95. The number of amides is 1. The van der Waals surface area contributed by atoms with Crippen molar-refractivity contribution in [2.24, 2.45) is 5.73 Å². The predicted octanol–water partition coefficient (Wildman–Crippen LogP) is 1.56. The second kappa shape index (κ2) is 6.60. The van der Waals surface area contributed by atoms with E-state index in [1.165, 1.54) is 0 Å². The number of nitrogens with zero attached hydrogens (tertiary/aromatic N) is 1. The van der Waals surface area contributed by atoms with E-state index in [-0.39, 0.29) is 0 Å². The van der Waals surface area contributed by atoms with Crippen molar-refractivity contribution in [3.63, 3.8) is 0 Å². The monoisotopic (exact) mass is 286 g/mol. The highest BCUT2D eigenvalue weighted by molar-refractivity contribution is 5.98. The summed E-state index contributed by atoms with van der Waals surface area (Å²) >= 11 is 0. The first-order valence-corrected chi connectivity index (χ1v) is 6.56. The summed E-state index contributed by atoms with van der Waals surface area (Å²) in [5, 5.41) is 3.05. The van der Waals surface area contributed by atoms with Gasteiger partial charge in [-0.1, -0.05) is 12.1 Å². The van der Waals surface area contributed by atoms with E-state index in [9.17, 15) is 4.79 Å². The molecule has 1 heterocycles. The van der Waals surface area contributed by atoms with E-state index in [0.29, 0.717) is 36.0 Å². The summed E-state index contributed by atoms with van der Waals surface area (Å²) in [5.74, 6) is 0.593. The Morgan fingerprint density at radius 3 is 2.81 bits per heavy atom. The van der Waals surface area contributed by atoms with Gasteiger partial charge in [0.25, 0.3) is 5.91 Å². The number of ether oxygens (including phenoxy) is 1. The van der Waals surface area contributed by atoms with Gasteiger partial charge in [-0.2, -0.15) is 0 Å². The van der Waals surface area contributed by atoms with Gasteiger partial charge < -0.3 is 21.5 Å². The van der Waals surface area contributed by atoms with Crippen LogP contribution in [0.15, 0.2) is 36.5 Å². The zero-order chi connectivity index (χ0) is 15.2. The molecule has 0 bridgehead atoms. The molecule has 1 aromatic carbocycles. The normalized spacial score (nSPS) is 10.1. The first-order valence-electron chi connectivity index (χ1n) is 6.56. The van der Waals surface area contributed by atoms with Gasteiger partial charge in [0.15, 0.2) is 0 Å². The van der Waals surface area contributed by atoms with Gasteiger partial charge in [-0.15, -0.1) is 0 Å². The van der Waals surface area contributed by atoms with Crippen LogP contribution in [0.4, 0.5) is 11.5 Å². The summed E-state index contributed by atoms with van der Waals surface area (Å²) < 4.78 is 5.56. The molecule has 0 spiro atoms. The number of hydrogen-bond acceptors (Lipinski definition) is 5. The van der Waals surface area contributed by atoms with E-state index in [0.717, 1.165) is 5.56 Å². The van der Waals surface area contributed by atoms with E-state index >= 15 is 0 Å². The third-order valence-corrected chi connectivity index (χ3v) is 2.98. The van der Waals surface area contributed by atoms with Crippen LogP contribution in [-0.4, -0.2) is 24.0 Å². The Hall–Kier alpha value is -2.76. The molecule has 0 atom stereocenters. The van der Waals surface area contributed by atoms with Crippen LogP contribution in [0.25, 0.3) is 0 Å². The van der Waals surface area contributed by atoms with Crippen LogP contribution in [0.2, 0.25) is 0 Å². The Labute approximate surface area is 123 Å². The quantitative estimate of drug-likeness (QED) is 0.552. The van der Waals surface area contributed by atoms with E-state index in [2.05, 4.69) is 10.3 Å². The second-order valence-corrected chi connectivity index (χ2v) is 4.53. The smallest absolute Gasteiger partial charge is 0.252 e. The van der Waals surface area contributed by atoms with E-state index in [1.54, 1.807) is 24.4 Å². The Bertz CT molecular complexity index is 643. The van der Waals surface area contributed by atoms with Gasteiger partial charge in [-0.05, 0) is 30.7 Å². The number of nitrogens with two attached hydrogens (primary N) is 2. The lowest BCUT2D eigenvalue weighted by Gasteiger charge is -2.12. The molecule has 0 aliphatic carbocycles. The maximum atomic E-state index is 11.4. The van der Waals surface area contributed by atoms with Crippen LogP contribution in [0.5, 0.6) is 5.75 Å². The minimum Gasteiger partial charge on any atom is -0.490 e. The molecular weight excluding hydrogens is 268 g/mol. The third kappa shape index (κ3) is 3.62. The number of carbonyl (C=O) groups excluding carboxylic acids is 1. The van der Waals surface area contributed by atoms with Crippen LogP contribution in [0, 0.1) is 6.92 Å². The number of primary amides is 1. The van der Waals surface area contributed by atoms with Gasteiger partial charge in [0.2, 0.25) is 0 Å². The highest BCUT2D eigenvalue weighted by Crippen LogP contribution is 2.19. The Morgan fingerprint density at radius 1 is 1.33 bits per heavy atom. The molecule has 6 heteroatoms. The van der Waals surface area contributed by atoms with Crippen molar-refractivity contribution < 1.29 is 9.53 Å². The zero-order valence-corrected chi connectivity index (χ0v) is 11.8. The van der Waals surface area contributed by atoms with Crippen molar-refractivity contribution in [1.82, 2.24) is 4.98 Å². The minimum absolute atomic E-state index is 0.391. The summed E-state index contributed by atoms with van der Waals surface area (Å²) in [6.45, 7) is 2.68. The lowest BCUT2D eigenvalue weighted by Crippen LogP contribution is -2.19. The average Bonchev–Trinajstić information content (AvgIpc) is 2.45. The number of aromatic nitrogens is 1. The summed E-state index contributed by atoms with van der Waals surface area (Å²) in [5.41, 5.74) is 12.9. The van der Waals surface area contributed by atoms with Gasteiger partial charge in [-0.3, -0.25) is 4.79 Å². The lowest BCUT2D eigenvalue weighted by molar-refractivity contribution is 0.1000. The highest BCUT2D eigenvalue weighted by atomic mass is 16.5. The van der Waals surface area contributed by atoms with E-state index < -0.39 is 5.91 Å². The molecule has 6 nitrogen and oxygen atoms in total. The number of rotatable bonds is 6. The maximum Gasteiger partial charge on any atom is 0.252 e. The number of benzene rings is 1. The Kier molecular flexibility index (Phi) is 4.61. The number of carbonyl (C=O) groups is 1. The van der Waals surface area contributed by atoms with E-state index in [4.69, 9.17) is 16.2 Å². The average molecular weight is 286 g/mol. The van der Waals surface area contributed by atoms with Gasteiger partial charge in [-0.25, -0.2) is 4.98 Å². The van der Waals surface area contributed by atoms with Crippen LogP contribution >= 0.6 is 0 Å². The molecule has 0 radical (unpaired) electrons. The molecule has 2 rings (SSSR count). The van der Waals surface area contributed by atoms with Gasteiger partial charge >= 0.3 is 0 Å². The second-order valence-electron chi connectivity index (χ2n) is 4.53. The molecule has 0 unspecified atom stereocenters. The first kappa shape index (κ1) is 14.6. The molecule has 1 aromatic heterocycles. The Balaban J connectivity index is 1.94. The van der Waals surface area contributed by atoms with E-state index in [1.807, 2.05) is 19.1 Å². The molecule has 0 aliphatic rings. The number of para-hydroxylation sites is 2. The standard InChI is InChI=1S/C15H18N4O2/c1-10-6-7-18-15(13(10)14(17)20)19-8-9-21-12-5-3-2-4-11(12)16/h2-7H,8-9,16H2,1H3,(H2,17,20)(H,18,19). The zero-order valence-electron chi connectivity index (χ0n) is 11.8. The summed E-state index contributed by atoms with van der Waals surface area (Å²) in [6.07, 6.45) is 1.63. The topological polar surface area (TPSA) is 103 Å². The third-order valence-electron chi connectivity index (χ3n) is 2.98. The molecule has 21 heavy (non-hydrogen) atoms. The molecule has 2 aromatic rings. The number of aryl methyl sites for hydroxylation is 1. The van der Waals surface area contributed by atoms with Crippen molar-refractivity contribution in [1.29, 1.82) is 0 Å². The largest absolute Gasteiger partial charge is 0.490 e. The fourth-order valence-electron chi connectivity index (χ4n) is 1.95. The van der Waals surface area contributed by atoms with Crippen molar-refractivity contribution in [3.8, 4) is 5.75 Å². The molecule has 0 saturated heterocycles. The molecular formula is C15H18N4O2.